The van der Waals surface area contributed by atoms with Crippen LogP contribution in [0, 0.1) is 23.7 Å². The lowest BCUT2D eigenvalue weighted by atomic mass is 9.65. The van der Waals surface area contributed by atoms with Crippen molar-refractivity contribution in [3.63, 3.8) is 0 Å². The SMILES string of the molecule is CC(C)NC(=O)C1N([C@@H](CO)C(C)C)C(=O)[C@@H]2[C@@H](C(=O)Nc3ccccc3)[C@H]3CC(C)C12S3. The zero-order valence-corrected chi connectivity index (χ0v) is 20.8. The number of carbonyl (C=O) groups is 3. The zero-order valence-electron chi connectivity index (χ0n) is 19.9. The number of nitrogens with one attached hydrogen (secondary N) is 2. The number of hydrogen-bond donors (Lipinski definition) is 3. The molecule has 7 nitrogen and oxygen atoms in total. The normalized spacial score (nSPS) is 33.5. The van der Waals surface area contributed by atoms with E-state index >= 15 is 0 Å². The number of likely N-dealkylation sites (tertiary alicyclic amines) is 1. The van der Waals surface area contributed by atoms with Gasteiger partial charge in [-0.15, -0.1) is 11.8 Å². The summed E-state index contributed by atoms with van der Waals surface area (Å²) < 4.78 is -0.679. The van der Waals surface area contributed by atoms with E-state index in [4.69, 9.17) is 0 Å². The van der Waals surface area contributed by atoms with Gasteiger partial charge < -0.3 is 20.6 Å². The molecule has 1 spiro atoms. The molecule has 3 unspecified atom stereocenters. The van der Waals surface area contributed by atoms with E-state index in [1.807, 2.05) is 58.0 Å². The minimum Gasteiger partial charge on any atom is -0.394 e. The molecule has 3 aliphatic heterocycles. The first-order valence-corrected chi connectivity index (χ1v) is 12.8. The predicted molar refractivity (Wildman–Crippen MR) is 130 cm³/mol. The highest BCUT2D eigenvalue weighted by molar-refractivity contribution is 8.02. The molecule has 3 amide bonds. The number of aliphatic hydroxyl groups excluding tert-OH is 1. The summed E-state index contributed by atoms with van der Waals surface area (Å²) in [5, 5.41) is 16.2. The second-order valence-corrected chi connectivity index (χ2v) is 11.9. The second kappa shape index (κ2) is 8.95. The van der Waals surface area contributed by atoms with Gasteiger partial charge in [0.1, 0.15) is 6.04 Å². The molecule has 33 heavy (non-hydrogen) atoms. The maximum atomic E-state index is 14.0. The van der Waals surface area contributed by atoms with E-state index < -0.39 is 28.7 Å². The summed E-state index contributed by atoms with van der Waals surface area (Å²) in [6.45, 7) is 9.58. The number of carbonyl (C=O) groups excluding carboxylic acids is 3. The highest BCUT2D eigenvalue weighted by atomic mass is 32.2. The third-order valence-electron chi connectivity index (χ3n) is 7.52. The molecule has 7 atom stereocenters. The Hall–Kier alpha value is -2.06. The van der Waals surface area contributed by atoms with E-state index in [-0.39, 0.29) is 47.5 Å². The number of aliphatic hydroxyl groups is 1. The summed E-state index contributed by atoms with van der Waals surface area (Å²) in [7, 11) is 0. The highest BCUT2D eigenvalue weighted by Gasteiger charge is 2.76. The first-order chi connectivity index (χ1) is 15.6. The van der Waals surface area contributed by atoms with Crippen LogP contribution in [-0.4, -0.2) is 62.5 Å². The van der Waals surface area contributed by atoms with Crippen LogP contribution in [0.1, 0.15) is 41.0 Å². The summed E-state index contributed by atoms with van der Waals surface area (Å²) in [4.78, 5) is 42.7. The molecule has 2 bridgehead atoms. The van der Waals surface area contributed by atoms with E-state index in [1.54, 1.807) is 16.7 Å². The van der Waals surface area contributed by atoms with Crippen LogP contribution in [0.3, 0.4) is 0 Å². The Kier molecular flexibility index (Phi) is 6.53. The minimum absolute atomic E-state index is 0.0132. The number of fused-ring (bicyclic) bond motifs is 1. The van der Waals surface area contributed by atoms with E-state index in [9.17, 15) is 19.5 Å². The number of thioether (sulfide) groups is 1. The summed E-state index contributed by atoms with van der Waals surface area (Å²) in [5.41, 5.74) is 0.698. The second-order valence-electron chi connectivity index (χ2n) is 10.3. The Morgan fingerprint density at radius 2 is 1.85 bits per heavy atom. The Morgan fingerprint density at radius 3 is 2.42 bits per heavy atom. The van der Waals surface area contributed by atoms with Gasteiger partial charge in [-0.2, -0.15) is 0 Å². The van der Waals surface area contributed by atoms with Crippen LogP contribution in [0.4, 0.5) is 5.69 Å². The molecule has 4 rings (SSSR count). The van der Waals surface area contributed by atoms with Crippen molar-refractivity contribution in [1.29, 1.82) is 0 Å². The van der Waals surface area contributed by atoms with Crippen molar-refractivity contribution < 1.29 is 19.5 Å². The number of benzene rings is 1. The molecule has 180 valence electrons. The zero-order chi connectivity index (χ0) is 24.1. The van der Waals surface area contributed by atoms with Crippen molar-refractivity contribution >= 4 is 35.2 Å². The smallest absolute Gasteiger partial charge is 0.244 e. The lowest BCUT2D eigenvalue weighted by Crippen LogP contribution is -2.60. The van der Waals surface area contributed by atoms with Crippen molar-refractivity contribution in [2.75, 3.05) is 11.9 Å². The first kappa shape index (κ1) is 24.1. The fourth-order valence-corrected chi connectivity index (χ4v) is 8.56. The lowest BCUT2D eigenvalue weighted by molar-refractivity contribution is -0.143. The van der Waals surface area contributed by atoms with Crippen molar-refractivity contribution in [1.82, 2.24) is 10.2 Å². The maximum Gasteiger partial charge on any atom is 0.244 e. The van der Waals surface area contributed by atoms with Crippen molar-refractivity contribution in [3.8, 4) is 0 Å². The van der Waals surface area contributed by atoms with Crippen LogP contribution in [0.15, 0.2) is 30.3 Å². The van der Waals surface area contributed by atoms with Gasteiger partial charge in [-0.3, -0.25) is 14.4 Å². The Bertz CT molecular complexity index is 923. The van der Waals surface area contributed by atoms with E-state index in [1.165, 1.54) is 0 Å². The number of para-hydroxylation sites is 1. The topological polar surface area (TPSA) is 98.7 Å². The first-order valence-electron chi connectivity index (χ1n) is 11.9. The fraction of sp³-hybridized carbons (Fsp3) is 0.640. The molecule has 8 heteroatoms. The van der Waals surface area contributed by atoms with Crippen LogP contribution in [0.2, 0.25) is 0 Å². The number of hydrogen-bond acceptors (Lipinski definition) is 5. The van der Waals surface area contributed by atoms with Gasteiger partial charge in [-0.05, 0) is 44.2 Å². The highest BCUT2D eigenvalue weighted by Crippen LogP contribution is 2.69. The van der Waals surface area contributed by atoms with Gasteiger partial charge in [0.05, 0.1) is 29.2 Å². The fourth-order valence-electron chi connectivity index (χ4n) is 6.15. The number of anilines is 1. The van der Waals surface area contributed by atoms with Gasteiger partial charge in [0, 0.05) is 17.0 Å². The lowest BCUT2D eigenvalue weighted by Gasteiger charge is -2.41. The average Bonchev–Trinajstić information content (AvgIpc) is 3.33. The van der Waals surface area contributed by atoms with Gasteiger partial charge in [-0.1, -0.05) is 39.0 Å². The van der Waals surface area contributed by atoms with Crippen LogP contribution in [-0.2, 0) is 14.4 Å². The molecular formula is C25H35N3O4S. The quantitative estimate of drug-likeness (QED) is 0.565. The van der Waals surface area contributed by atoms with Gasteiger partial charge in [0.25, 0.3) is 0 Å². The summed E-state index contributed by atoms with van der Waals surface area (Å²) >= 11 is 1.65. The molecule has 3 N–H and O–H groups in total. The van der Waals surface area contributed by atoms with Crippen molar-refractivity contribution in [2.24, 2.45) is 23.7 Å². The average molecular weight is 474 g/mol. The molecular weight excluding hydrogens is 438 g/mol. The van der Waals surface area contributed by atoms with Crippen LogP contribution in [0.25, 0.3) is 0 Å². The largest absolute Gasteiger partial charge is 0.394 e. The molecule has 1 aromatic rings. The molecule has 3 saturated heterocycles. The van der Waals surface area contributed by atoms with Crippen molar-refractivity contribution in [2.45, 2.75) is 69.2 Å². The molecule has 0 radical (unpaired) electrons. The monoisotopic (exact) mass is 473 g/mol. The van der Waals surface area contributed by atoms with Gasteiger partial charge in [-0.25, -0.2) is 0 Å². The standard InChI is InChI=1S/C25H35N3O4S/c1-13(2)17(12-29)28-21(23(31)26-14(3)4)25-15(5)11-18(33-25)19(20(25)24(28)32)22(30)27-16-9-7-6-8-10-16/h6-10,13-15,17-21,29H,11-12H2,1-5H3,(H,26,31)(H,27,30)/t15?,17-,18+,19-,20-,21?,25?/m0/s1. The number of amides is 3. The minimum atomic E-state index is -0.712. The Labute approximate surface area is 200 Å². The maximum absolute atomic E-state index is 14.0. The van der Waals surface area contributed by atoms with Crippen LogP contribution in [0.5, 0.6) is 0 Å². The number of rotatable bonds is 7. The van der Waals surface area contributed by atoms with E-state index in [0.29, 0.717) is 5.69 Å². The van der Waals surface area contributed by atoms with Crippen LogP contribution < -0.4 is 10.6 Å². The number of nitrogens with zero attached hydrogens (tertiary/aromatic N) is 1. The third kappa shape index (κ3) is 3.75. The Morgan fingerprint density at radius 1 is 1.18 bits per heavy atom. The van der Waals surface area contributed by atoms with Crippen LogP contribution >= 0.6 is 11.8 Å². The molecule has 0 aliphatic carbocycles. The van der Waals surface area contributed by atoms with Gasteiger partial charge in [0.15, 0.2) is 0 Å². The van der Waals surface area contributed by atoms with Gasteiger partial charge in [0.2, 0.25) is 17.7 Å². The summed E-state index contributed by atoms with van der Waals surface area (Å²) in [5.74, 6) is -1.56. The van der Waals surface area contributed by atoms with Crippen molar-refractivity contribution in [3.05, 3.63) is 30.3 Å². The molecule has 0 aromatic heterocycles. The molecule has 1 aromatic carbocycles. The summed E-state index contributed by atoms with van der Waals surface area (Å²) in [6.07, 6.45) is 0.784. The molecule has 3 heterocycles. The summed E-state index contributed by atoms with van der Waals surface area (Å²) in [6, 6.07) is 8.00. The predicted octanol–water partition coefficient (Wildman–Crippen LogP) is 2.50. The Balaban J connectivity index is 1.76. The molecule has 0 saturated carbocycles. The molecule has 3 aliphatic rings. The van der Waals surface area contributed by atoms with E-state index in [2.05, 4.69) is 17.6 Å². The molecule has 3 fully saturated rings. The van der Waals surface area contributed by atoms with Gasteiger partial charge >= 0.3 is 0 Å². The third-order valence-corrected chi connectivity index (χ3v) is 9.60. The van der Waals surface area contributed by atoms with E-state index in [0.717, 1.165) is 6.42 Å².